The zero-order chi connectivity index (χ0) is 12.5. The molecule has 2 N–H and O–H groups in total. The van der Waals surface area contributed by atoms with Gasteiger partial charge in [-0.15, -0.1) is 0 Å². The van der Waals surface area contributed by atoms with Crippen molar-refractivity contribution in [3.05, 3.63) is 30.1 Å². The number of guanidine groups is 1. The van der Waals surface area contributed by atoms with E-state index in [0.29, 0.717) is 17.9 Å². The molecule has 0 spiro atoms. The van der Waals surface area contributed by atoms with Gasteiger partial charge in [-0.05, 0) is 48.1 Å². The summed E-state index contributed by atoms with van der Waals surface area (Å²) in [4.78, 5) is 6.43. The van der Waals surface area contributed by atoms with E-state index in [1.54, 1.807) is 12.1 Å². The van der Waals surface area contributed by atoms with Crippen molar-refractivity contribution in [3.63, 3.8) is 0 Å². The highest BCUT2D eigenvalue weighted by atomic mass is 32.2. The van der Waals surface area contributed by atoms with Gasteiger partial charge in [0.15, 0.2) is 5.96 Å². The van der Waals surface area contributed by atoms with Crippen molar-refractivity contribution in [3.8, 4) is 0 Å². The summed E-state index contributed by atoms with van der Waals surface area (Å²) >= 11 is 1.99. The molecule has 0 radical (unpaired) electrons. The Hall–Kier alpha value is -1.23. The van der Waals surface area contributed by atoms with Crippen LogP contribution in [0.4, 0.5) is 10.1 Å². The molecule has 5 heteroatoms. The van der Waals surface area contributed by atoms with E-state index >= 15 is 0 Å². The number of halogens is 1. The molecule has 1 aromatic rings. The molecule has 0 aromatic heterocycles. The maximum Gasteiger partial charge on any atom is 0.196 e. The molecule has 3 rings (SSSR count). The van der Waals surface area contributed by atoms with Crippen molar-refractivity contribution in [2.45, 2.75) is 12.5 Å². The minimum absolute atomic E-state index is 0.221. The molecular formula is C13H16FN3S. The molecule has 1 saturated heterocycles. The summed E-state index contributed by atoms with van der Waals surface area (Å²) in [6.45, 7) is 0.758. The first-order valence-electron chi connectivity index (χ1n) is 6.18. The molecule has 96 valence electrons. The second kappa shape index (κ2) is 4.80. The number of hydrogen-bond acceptors (Lipinski definition) is 4. The molecule has 0 amide bonds. The normalized spacial score (nSPS) is 27.6. The molecular weight excluding hydrogens is 249 g/mol. The maximum atomic E-state index is 13.0. The van der Waals surface area contributed by atoms with Crippen molar-refractivity contribution in [2.24, 2.45) is 16.6 Å². The fourth-order valence-corrected chi connectivity index (χ4v) is 3.98. The van der Waals surface area contributed by atoms with Gasteiger partial charge in [-0.25, -0.2) is 4.39 Å². The number of anilines is 1. The molecule has 2 atom stereocenters. The lowest BCUT2D eigenvalue weighted by molar-refractivity contribution is 0.486. The van der Waals surface area contributed by atoms with Crippen molar-refractivity contribution in [2.75, 3.05) is 23.0 Å². The Kier molecular flexibility index (Phi) is 3.16. The summed E-state index contributed by atoms with van der Waals surface area (Å²) in [6, 6.07) is 6.84. The van der Waals surface area contributed by atoms with Gasteiger partial charge in [0.25, 0.3) is 0 Å². The topological polar surface area (TPSA) is 41.6 Å². The number of aliphatic imine (C=N–C) groups is 1. The zero-order valence-corrected chi connectivity index (χ0v) is 10.9. The van der Waals surface area contributed by atoms with Crippen LogP contribution in [0.15, 0.2) is 29.3 Å². The molecule has 1 aromatic carbocycles. The Morgan fingerprint density at radius 2 is 2.11 bits per heavy atom. The van der Waals surface area contributed by atoms with Crippen molar-refractivity contribution in [1.82, 2.24) is 0 Å². The van der Waals surface area contributed by atoms with Gasteiger partial charge in [0.05, 0.1) is 12.6 Å². The summed E-state index contributed by atoms with van der Waals surface area (Å²) in [5.74, 6) is 3.36. The van der Waals surface area contributed by atoms with Gasteiger partial charge >= 0.3 is 0 Å². The molecule has 0 saturated carbocycles. The number of nitrogens with two attached hydrogens (primary N) is 1. The van der Waals surface area contributed by atoms with Crippen molar-refractivity contribution >= 4 is 23.4 Å². The summed E-state index contributed by atoms with van der Waals surface area (Å²) in [7, 11) is 0. The smallest absolute Gasteiger partial charge is 0.196 e. The van der Waals surface area contributed by atoms with E-state index < -0.39 is 0 Å². The summed E-state index contributed by atoms with van der Waals surface area (Å²) in [5.41, 5.74) is 6.92. The quantitative estimate of drug-likeness (QED) is 0.890. The Morgan fingerprint density at radius 3 is 2.78 bits per heavy atom. The fourth-order valence-electron chi connectivity index (χ4n) is 2.66. The summed E-state index contributed by atoms with van der Waals surface area (Å²) in [5, 5.41) is 0. The molecule has 1 fully saturated rings. The largest absolute Gasteiger partial charge is 0.370 e. The van der Waals surface area contributed by atoms with Crippen molar-refractivity contribution < 1.29 is 4.39 Å². The van der Waals surface area contributed by atoms with Crippen LogP contribution in [0.25, 0.3) is 0 Å². The van der Waals surface area contributed by atoms with Crippen molar-refractivity contribution in [1.29, 1.82) is 0 Å². The van der Waals surface area contributed by atoms with Gasteiger partial charge < -0.3 is 10.6 Å². The predicted octanol–water partition coefficient (Wildman–Crippen LogP) is 2.08. The Labute approximate surface area is 110 Å². The number of nitrogens with zero attached hydrogens (tertiary/aromatic N) is 2. The summed E-state index contributed by atoms with van der Waals surface area (Å²) in [6.07, 6.45) is 1.22. The predicted molar refractivity (Wildman–Crippen MR) is 74.6 cm³/mol. The first-order chi connectivity index (χ1) is 8.75. The van der Waals surface area contributed by atoms with Crippen LogP contribution in [0.1, 0.15) is 6.42 Å². The van der Waals surface area contributed by atoms with E-state index in [1.807, 2.05) is 11.8 Å². The van der Waals surface area contributed by atoms with Gasteiger partial charge in [0, 0.05) is 5.69 Å². The fraction of sp³-hybridized carbons (Fsp3) is 0.462. The van der Waals surface area contributed by atoms with Crippen LogP contribution in [0.5, 0.6) is 0 Å². The molecule has 3 nitrogen and oxygen atoms in total. The highest BCUT2D eigenvalue weighted by Gasteiger charge is 2.35. The third-order valence-electron chi connectivity index (χ3n) is 3.63. The van der Waals surface area contributed by atoms with E-state index in [2.05, 4.69) is 9.89 Å². The first-order valence-corrected chi connectivity index (χ1v) is 7.33. The van der Waals surface area contributed by atoms with Gasteiger partial charge in [0.1, 0.15) is 5.82 Å². The lowest BCUT2D eigenvalue weighted by Gasteiger charge is -2.30. The van der Waals surface area contributed by atoms with E-state index in [0.717, 1.165) is 12.2 Å². The SMILES string of the molecule is NC1=NCC(C2CCSC2)N1c1ccc(F)cc1. The van der Waals surface area contributed by atoms with Crippen LogP contribution >= 0.6 is 11.8 Å². The molecule has 0 aliphatic carbocycles. The molecule has 2 aliphatic heterocycles. The maximum absolute atomic E-state index is 13.0. The Bertz CT molecular complexity index is 454. The van der Waals surface area contributed by atoms with E-state index in [4.69, 9.17) is 5.73 Å². The zero-order valence-electron chi connectivity index (χ0n) is 10.1. The number of rotatable bonds is 2. The van der Waals surface area contributed by atoms with Crippen LogP contribution in [-0.2, 0) is 0 Å². The minimum Gasteiger partial charge on any atom is -0.370 e. The molecule has 2 unspecified atom stereocenters. The van der Waals surface area contributed by atoms with E-state index in [-0.39, 0.29) is 5.82 Å². The third kappa shape index (κ3) is 2.07. The second-order valence-electron chi connectivity index (χ2n) is 4.74. The highest BCUT2D eigenvalue weighted by Crippen LogP contribution is 2.33. The molecule has 2 aliphatic rings. The molecule has 0 bridgehead atoms. The third-order valence-corrected chi connectivity index (χ3v) is 4.82. The molecule has 2 heterocycles. The van der Waals surface area contributed by atoms with Gasteiger partial charge in [0.2, 0.25) is 0 Å². The lowest BCUT2D eigenvalue weighted by Crippen LogP contribution is -2.45. The number of benzene rings is 1. The van der Waals surface area contributed by atoms with Gasteiger partial charge in [-0.1, -0.05) is 0 Å². The van der Waals surface area contributed by atoms with Crippen LogP contribution in [0.3, 0.4) is 0 Å². The lowest BCUT2D eigenvalue weighted by atomic mass is 9.98. The Balaban J connectivity index is 1.86. The van der Waals surface area contributed by atoms with Gasteiger partial charge in [-0.2, -0.15) is 11.8 Å². The number of hydrogen-bond donors (Lipinski definition) is 1. The standard InChI is InChI=1S/C13H16FN3S/c14-10-1-3-11(4-2-10)17-12(7-16-13(17)15)9-5-6-18-8-9/h1-4,9,12H,5-8H2,(H2,15,16). The average Bonchev–Trinajstić information content (AvgIpc) is 2.99. The first kappa shape index (κ1) is 11.8. The van der Waals surface area contributed by atoms with E-state index in [9.17, 15) is 4.39 Å². The molecule has 18 heavy (non-hydrogen) atoms. The monoisotopic (exact) mass is 265 g/mol. The van der Waals surface area contributed by atoms with Crippen LogP contribution in [0.2, 0.25) is 0 Å². The van der Waals surface area contributed by atoms with E-state index in [1.165, 1.54) is 30.1 Å². The van der Waals surface area contributed by atoms with Crippen LogP contribution in [0, 0.1) is 11.7 Å². The average molecular weight is 265 g/mol. The summed E-state index contributed by atoms with van der Waals surface area (Å²) < 4.78 is 13.0. The minimum atomic E-state index is -0.221. The van der Waals surface area contributed by atoms with Crippen LogP contribution < -0.4 is 10.6 Å². The van der Waals surface area contributed by atoms with Gasteiger partial charge in [-0.3, -0.25) is 4.99 Å². The second-order valence-corrected chi connectivity index (χ2v) is 5.89. The Morgan fingerprint density at radius 1 is 1.33 bits per heavy atom. The number of thioether (sulfide) groups is 1. The van der Waals surface area contributed by atoms with Crippen LogP contribution in [-0.4, -0.2) is 30.1 Å². The highest BCUT2D eigenvalue weighted by molar-refractivity contribution is 7.99.